The number of nitrogens with one attached hydrogen (secondary N) is 3. The summed E-state index contributed by atoms with van der Waals surface area (Å²) < 4.78 is 37.5. The number of hydrazone groups is 1. The van der Waals surface area contributed by atoms with E-state index in [-0.39, 0.29) is 5.69 Å². The summed E-state index contributed by atoms with van der Waals surface area (Å²) in [5, 5.41) is 9.88. The number of anilines is 2. The molecule has 0 aliphatic heterocycles. The Morgan fingerprint density at radius 2 is 1.77 bits per heavy atom. The Balaban J connectivity index is 2.04. The molecule has 0 atom stereocenters. The van der Waals surface area contributed by atoms with E-state index in [1.165, 1.54) is 0 Å². The molecule has 9 heteroatoms. The predicted octanol–water partition coefficient (Wildman–Crippen LogP) is 4.95. The number of hydrogen-bond donors (Lipinski definition) is 3. The van der Waals surface area contributed by atoms with Crippen LogP contribution < -0.4 is 16.1 Å². The van der Waals surface area contributed by atoms with Crippen molar-refractivity contribution in [2.75, 3.05) is 17.7 Å². The zero-order valence-corrected chi connectivity index (χ0v) is 14.7. The van der Waals surface area contributed by atoms with Crippen LogP contribution >= 0.6 is 11.6 Å². The summed E-state index contributed by atoms with van der Waals surface area (Å²) in [5.74, 6) is 0. The van der Waals surface area contributed by atoms with Crippen molar-refractivity contribution in [3.8, 4) is 0 Å². The first-order valence-electron chi connectivity index (χ1n) is 7.47. The summed E-state index contributed by atoms with van der Waals surface area (Å²) in [5.41, 5.74) is 3.69. The Labute approximate surface area is 153 Å². The van der Waals surface area contributed by atoms with Gasteiger partial charge in [0.2, 0.25) is 0 Å². The molecule has 5 nitrogen and oxygen atoms in total. The summed E-state index contributed by atoms with van der Waals surface area (Å²) in [6.45, 7) is 1.69. The number of halogens is 4. The first-order chi connectivity index (χ1) is 12.2. The lowest BCUT2D eigenvalue weighted by atomic mass is 10.1. The molecule has 26 heavy (non-hydrogen) atoms. The minimum Gasteiger partial charge on any atom is -0.388 e. The van der Waals surface area contributed by atoms with E-state index in [0.29, 0.717) is 16.3 Å². The lowest BCUT2D eigenvalue weighted by Crippen LogP contribution is -2.25. The molecule has 0 aliphatic rings. The van der Waals surface area contributed by atoms with Gasteiger partial charge in [-0.1, -0.05) is 11.6 Å². The minimum absolute atomic E-state index is 0.210. The number of benzene rings is 2. The summed E-state index contributed by atoms with van der Waals surface area (Å²) in [6, 6.07) is 8.60. The third-order valence-corrected chi connectivity index (χ3v) is 3.67. The van der Waals surface area contributed by atoms with Gasteiger partial charge in [0, 0.05) is 29.0 Å². The molecule has 0 saturated heterocycles. The molecule has 0 aliphatic carbocycles. The van der Waals surface area contributed by atoms with Crippen molar-refractivity contribution in [2.24, 2.45) is 5.10 Å². The van der Waals surface area contributed by atoms with Gasteiger partial charge in [-0.3, -0.25) is 0 Å². The van der Waals surface area contributed by atoms with Crippen LogP contribution in [0.3, 0.4) is 0 Å². The van der Waals surface area contributed by atoms with Crippen LogP contribution in [-0.2, 0) is 6.18 Å². The number of urea groups is 1. The molecule has 2 rings (SSSR count). The van der Waals surface area contributed by atoms with Gasteiger partial charge in [-0.05, 0) is 49.4 Å². The molecule has 0 radical (unpaired) electrons. The average Bonchev–Trinajstić information content (AvgIpc) is 2.59. The Morgan fingerprint density at radius 1 is 1.12 bits per heavy atom. The van der Waals surface area contributed by atoms with E-state index in [1.54, 1.807) is 32.2 Å². The normalized spacial score (nSPS) is 11.8. The highest BCUT2D eigenvalue weighted by Gasteiger charge is 2.29. The van der Waals surface area contributed by atoms with E-state index in [9.17, 15) is 18.0 Å². The lowest BCUT2D eigenvalue weighted by Gasteiger charge is -2.10. The van der Waals surface area contributed by atoms with Gasteiger partial charge in [-0.25, -0.2) is 10.2 Å². The quantitative estimate of drug-likeness (QED) is 0.516. The van der Waals surface area contributed by atoms with E-state index in [1.807, 2.05) is 0 Å². The Hall–Kier alpha value is -2.74. The topological polar surface area (TPSA) is 65.5 Å². The van der Waals surface area contributed by atoms with E-state index < -0.39 is 17.8 Å². The zero-order valence-electron chi connectivity index (χ0n) is 13.9. The number of rotatable bonds is 4. The third kappa shape index (κ3) is 5.13. The number of alkyl halides is 3. The van der Waals surface area contributed by atoms with E-state index in [0.717, 1.165) is 30.0 Å². The van der Waals surface area contributed by atoms with Crippen LogP contribution in [0.2, 0.25) is 5.02 Å². The summed E-state index contributed by atoms with van der Waals surface area (Å²) >= 11 is 5.97. The van der Waals surface area contributed by atoms with Gasteiger partial charge in [0.05, 0.1) is 11.3 Å². The Kier molecular flexibility index (Phi) is 6.10. The van der Waals surface area contributed by atoms with Gasteiger partial charge in [0.1, 0.15) is 0 Å². The number of amides is 2. The molecule has 0 heterocycles. The van der Waals surface area contributed by atoms with Crippen LogP contribution in [0.1, 0.15) is 18.1 Å². The molecular weight excluding hydrogens is 369 g/mol. The zero-order chi connectivity index (χ0) is 19.3. The highest BCUT2D eigenvalue weighted by Crippen LogP contribution is 2.29. The molecule has 0 unspecified atom stereocenters. The maximum atomic E-state index is 12.5. The van der Waals surface area contributed by atoms with E-state index in [4.69, 9.17) is 11.6 Å². The van der Waals surface area contributed by atoms with Crippen LogP contribution in [0, 0.1) is 0 Å². The molecule has 138 valence electrons. The standard InChI is InChI=1S/C17H16ClF3N4O/c1-10(14-9-12(18)5-8-15(14)22-2)24-25-16(26)23-13-6-3-11(4-7-13)17(19,20)21/h3-9,22H,1-2H3,(H2,23,25,26)/b24-10-. The highest BCUT2D eigenvalue weighted by atomic mass is 35.5. The minimum atomic E-state index is -4.43. The predicted molar refractivity (Wildman–Crippen MR) is 96.8 cm³/mol. The lowest BCUT2D eigenvalue weighted by molar-refractivity contribution is -0.137. The van der Waals surface area contributed by atoms with Gasteiger partial charge in [0.25, 0.3) is 0 Å². The molecule has 0 aromatic heterocycles. The van der Waals surface area contributed by atoms with Crippen LogP contribution in [0.25, 0.3) is 0 Å². The molecule has 0 bridgehead atoms. The van der Waals surface area contributed by atoms with Crippen LogP contribution in [0.4, 0.5) is 29.3 Å². The van der Waals surface area contributed by atoms with Gasteiger partial charge < -0.3 is 10.6 Å². The van der Waals surface area contributed by atoms with Crippen molar-refractivity contribution in [1.29, 1.82) is 0 Å². The maximum Gasteiger partial charge on any atom is 0.416 e. The average molecular weight is 385 g/mol. The molecule has 3 N–H and O–H groups in total. The molecule has 0 saturated carbocycles. The molecule has 2 amide bonds. The largest absolute Gasteiger partial charge is 0.416 e. The molecule has 2 aromatic rings. The maximum absolute atomic E-state index is 12.5. The van der Waals surface area contributed by atoms with Crippen molar-refractivity contribution in [1.82, 2.24) is 5.43 Å². The monoisotopic (exact) mass is 384 g/mol. The molecule has 0 fully saturated rings. The van der Waals surface area contributed by atoms with Crippen molar-refractivity contribution >= 4 is 34.7 Å². The molecular formula is C17H16ClF3N4O. The first-order valence-corrected chi connectivity index (χ1v) is 7.84. The van der Waals surface area contributed by atoms with Crippen molar-refractivity contribution in [3.05, 3.63) is 58.6 Å². The number of nitrogens with zero attached hydrogens (tertiary/aromatic N) is 1. The number of carbonyl (C=O) groups excluding carboxylic acids is 1. The summed E-state index contributed by atoms with van der Waals surface area (Å²) in [6.07, 6.45) is -4.43. The second-order valence-corrected chi connectivity index (χ2v) is 5.71. The summed E-state index contributed by atoms with van der Waals surface area (Å²) in [7, 11) is 1.74. The van der Waals surface area contributed by atoms with Crippen molar-refractivity contribution in [3.63, 3.8) is 0 Å². The second kappa shape index (κ2) is 8.09. The summed E-state index contributed by atoms with van der Waals surface area (Å²) in [4.78, 5) is 11.9. The van der Waals surface area contributed by atoms with Gasteiger partial charge in [-0.15, -0.1) is 0 Å². The second-order valence-electron chi connectivity index (χ2n) is 5.28. The fraction of sp³-hybridized carbons (Fsp3) is 0.176. The van der Waals surface area contributed by atoms with Gasteiger partial charge in [0.15, 0.2) is 0 Å². The van der Waals surface area contributed by atoms with Crippen LogP contribution in [-0.4, -0.2) is 18.8 Å². The Morgan fingerprint density at radius 3 is 2.35 bits per heavy atom. The van der Waals surface area contributed by atoms with Gasteiger partial charge >= 0.3 is 12.2 Å². The Bertz CT molecular complexity index is 820. The molecule has 2 aromatic carbocycles. The van der Waals surface area contributed by atoms with Crippen molar-refractivity contribution < 1.29 is 18.0 Å². The smallest absolute Gasteiger partial charge is 0.388 e. The molecule has 0 spiro atoms. The fourth-order valence-electron chi connectivity index (χ4n) is 2.13. The van der Waals surface area contributed by atoms with Crippen LogP contribution in [0.5, 0.6) is 0 Å². The highest BCUT2D eigenvalue weighted by molar-refractivity contribution is 6.31. The van der Waals surface area contributed by atoms with E-state index >= 15 is 0 Å². The van der Waals surface area contributed by atoms with Gasteiger partial charge in [-0.2, -0.15) is 18.3 Å². The number of hydrogen-bond acceptors (Lipinski definition) is 3. The van der Waals surface area contributed by atoms with Crippen molar-refractivity contribution in [2.45, 2.75) is 13.1 Å². The fourth-order valence-corrected chi connectivity index (χ4v) is 2.30. The van der Waals surface area contributed by atoms with Crippen LogP contribution in [0.15, 0.2) is 47.6 Å². The number of carbonyl (C=O) groups is 1. The SMILES string of the molecule is CNc1ccc(Cl)cc1/C(C)=N\NC(=O)Nc1ccc(C(F)(F)F)cc1. The first kappa shape index (κ1) is 19.6. The van der Waals surface area contributed by atoms with E-state index in [2.05, 4.69) is 21.2 Å². The third-order valence-electron chi connectivity index (χ3n) is 3.44.